The highest BCUT2D eigenvalue weighted by Gasteiger charge is 2.20. The van der Waals surface area contributed by atoms with Gasteiger partial charge in [0.15, 0.2) is 0 Å². The number of fused-ring (bicyclic) bond motifs is 1. The van der Waals surface area contributed by atoms with Crippen LogP contribution in [0.25, 0.3) is 10.8 Å². The molecule has 146 valence electrons. The molecule has 4 heteroatoms. The number of rotatable bonds is 8. The van der Waals surface area contributed by atoms with E-state index in [1.165, 1.54) is 5.56 Å². The number of amides is 1. The van der Waals surface area contributed by atoms with Gasteiger partial charge in [-0.25, -0.2) is 0 Å². The Labute approximate surface area is 167 Å². The molecule has 0 fully saturated rings. The zero-order valence-electron chi connectivity index (χ0n) is 16.8. The van der Waals surface area contributed by atoms with Crippen molar-refractivity contribution in [3.8, 4) is 5.75 Å². The molecule has 1 N–H and O–H groups in total. The third kappa shape index (κ3) is 4.18. The highest BCUT2D eigenvalue weighted by Crippen LogP contribution is 2.28. The second-order valence-electron chi connectivity index (χ2n) is 6.72. The van der Waals surface area contributed by atoms with E-state index in [0.717, 1.165) is 29.6 Å². The molecule has 1 unspecified atom stereocenters. The van der Waals surface area contributed by atoms with Crippen molar-refractivity contribution in [3.63, 3.8) is 0 Å². The monoisotopic (exact) mass is 376 g/mol. The van der Waals surface area contributed by atoms with Gasteiger partial charge in [-0.2, -0.15) is 0 Å². The lowest BCUT2D eigenvalue weighted by molar-refractivity contribution is 0.0936. The molecule has 3 rings (SSSR count). The molecule has 0 aliphatic rings. The first-order chi connectivity index (χ1) is 13.7. The topological polar surface area (TPSA) is 41.6 Å². The molecular formula is C24H28N2O2. The summed E-state index contributed by atoms with van der Waals surface area (Å²) in [4.78, 5) is 15.4. The average Bonchev–Trinajstić information content (AvgIpc) is 2.76. The summed E-state index contributed by atoms with van der Waals surface area (Å²) >= 11 is 0. The molecule has 0 saturated carbocycles. The molecule has 0 radical (unpaired) electrons. The molecule has 0 aromatic heterocycles. The minimum atomic E-state index is -0.0630. The first kappa shape index (κ1) is 19.9. The Kier molecular flexibility index (Phi) is 6.66. The third-order valence-corrected chi connectivity index (χ3v) is 5.24. The molecule has 1 amide bonds. The maximum atomic E-state index is 13.0. The molecular weight excluding hydrogens is 348 g/mol. The van der Waals surface area contributed by atoms with Crippen LogP contribution in [0.3, 0.4) is 0 Å². The fraction of sp³-hybridized carbons (Fsp3) is 0.292. The van der Waals surface area contributed by atoms with Crippen molar-refractivity contribution < 1.29 is 9.53 Å². The summed E-state index contributed by atoms with van der Waals surface area (Å²) < 4.78 is 5.44. The Bertz CT molecular complexity index is 920. The summed E-state index contributed by atoms with van der Waals surface area (Å²) in [5.74, 6) is 0.712. The van der Waals surface area contributed by atoms with Gasteiger partial charge in [-0.3, -0.25) is 9.69 Å². The van der Waals surface area contributed by atoms with Gasteiger partial charge in [-0.1, -0.05) is 68.4 Å². The summed E-state index contributed by atoms with van der Waals surface area (Å²) in [6.45, 7) is 6.72. The van der Waals surface area contributed by atoms with Gasteiger partial charge in [-0.05, 0) is 36.2 Å². The Morgan fingerprint density at radius 1 is 0.929 bits per heavy atom. The fourth-order valence-corrected chi connectivity index (χ4v) is 3.73. The van der Waals surface area contributed by atoms with Gasteiger partial charge in [0, 0.05) is 17.5 Å². The van der Waals surface area contributed by atoms with Crippen LogP contribution in [0.15, 0.2) is 66.7 Å². The minimum absolute atomic E-state index is 0.0630. The number of nitrogens with zero attached hydrogens (tertiary/aromatic N) is 1. The highest BCUT2D eigenvalue weighted by atomic mass is 16.5. The first-order valence-corrected chi connectivity index (χ1v) is 9.82. The van der Waals surface area contributed by atoms with Crippen LogP contribution in [0.5, 0.6) is 5.75 Å². The zero-order chi connectivity index (χ0) is 19.9. The second kappa shape index (κ2) is 9.38. The molecule has 0 saturated heterocycles. The minimum Gasteiger partial charge on any atom is -0.496 e. The summed E-state index contributed by atoms with van der Waals surface area (Å²) in [7, 11) is 1.65. The second-order valence-corrected chi connectivity index (χ2v) is 6.72. The molecule has 1 atom stereocenters. The van der Waals surface area contributed by atoms with E-state index in [4.69, 9.17) is 4.74 Å². The smallest absolute Gasteiger partial charge is 0.251 e. The van der Waals surface area contributed by atoms with Gasteiger partial charge >= 0.3 is 0 Å². The molecule has 0 bridgehead atoms. The van der Waals surface area contributed by atoms with Gasteiger partial charge in [0.05, 0.1) is 13.2 Å². The predicted octanol–water partition coefficient (Wildman–Crippen LogP) is 4.66. The lowest BCUT2D eigenvalue weighted by atomic mass is 10.0. The van der Waals surface area contributed by atoms with Crippen LogP contribution in [0, 0.1) is 0 Å². The van der Waals surface area contributed by atoms with Crippen LogP contribution >= 0.6 is 0 Å². The summed E-state index contributed by atoms with van der Waals surface area (Å²) in [5, 5.41) is 5.00. The zero-order valence-corrected chi connectivity index (χ0v) is 16.8. The van der Waals surface area contributed by atoms with Crippen LogP contribution in [-0.4, -0.2) is 37.6 Å². The van der Waals surface area contributed by atoms with Gasteiger partial charge in [0.25, 0.3) is 5.91 Å². The number of methoxy groups -OCH3 is 1. The normalized spacial score (nSPS) is 12.1. The lowest BCUT2D eigenvalue weighted by Crippen LogP contribution is -2.38. The average molecular weight is 377 g/mol. The van der Waals surface area contributed by atoms with E-state index in [2.05, 4.69) is 36.2 Å². The van der Waals surface area contributed by atoms with E-state index in [0.29, 0.717) is 12.1 Å². The molecule has 3 aromatic carbocycles. The van der Waals surface area contributed by atoms with Crippen molar-refractivity contribution in [3.05, 3.63) is 77.9 Å². The van der Waals surface area contributed by atoms with E-state index in [9.17, 15) is 4.79 Å². The summed E-state index contributed by atoms with van der Waals surface area (Å²) in [6.07, 6.45) is 0. The van der Waals surface area contributed by atoms with Crippen LogP contribution in [0.4, 0.5) is 0 Å². The van der Waals surface area contributed by atoms with E-state index >= 15 is 0 Å². The van der Waals surface area contributed by atoms with E-state index in [1.54, 1.807) is 7.11 Å². The molecule has 4 nitrogen and oxygen atoms in total. The largest absolute Gasteiger partial charge is 0.496 e. The first-order valence-electron chi connectivity index (χ1n) is 9.82. The number of hydrogen-bond donors (Lipinski definition) is 1. The number of ether oxygens (including phenoxy) is 1. The maximum absolute atomic E-state index is 13.0. The van der Waals surface area contributed by atoms with Crippen molar-refractivity contribution in [1.82, 2.24) is 10.2 Å². The molecule has 0 heterocycles. The standard InChI is InChI=1S/C24H28N2O2/c1-4-26(5-2)22(18-11-7-6-8-12-18)17-25-24(27)21-15-16-23(28-3)20-14-10-9-13-19(20)21/h6-16,22H,4-5,17H2,1-3H3,(H,25,27). The Balaban J connectivity index is 1.85. The number of benzene rings is 3. The molecule has 0 aliphatic carbocycles. The SMILES string of the molecule is CCN(CC)C(CNC(=O)c1ccc(OC)c2ccccc12)c1ccccc1. The highest BCUT2D eigenvalue weighted by molar-refractivity contribution is 6.08. The number of hydrogen-bond acceptors (Lipinski definition) is 3. The number of carbonyl (C=O) groups is 1. The van der Waals surface area contributed by atoms with Gasteiger partial charge < -0.3 is 10.1 Å². The van der Waals surface area contributed by atoms with Crippen LogP contribution in [-0.2, 0) is 0 Å². The Hall–Kier alpha value is -2.85. The van der Waals surface area contributed by atoms with Crippen molar-refractivity contribution >= 4 is 16.7 Å². The number of carbonyl (C=O) groups excluding carboxylic acids is 1. The predicted molar refractivity (Wildman–Crippen MR) is 115 cm³/mol. The van der Waals surface area contributed by atoms with Crippen molar-refractivity contribution in [2.75, 3.05) is 26.7 Å². The van der Waals surface area contributed by atoms with Gasteiger partial charge in [0.1, 0.15) is 5.75 Å². The van der Waals surface area contributed by atoms with E-state index < -0.39 is 0 Å². The molecule has 0 spiro atoms. The molecule has 3 aromatic rings. The molecule has 28 heavy (non-hydrogen) atoms. The number of likely N-dealkylation sites (N-methyl/N-ethyl adjacent to an activating group) is 1. The lowest BCUT2D eigenvalue weighted by Gasteiger charge is -2.30. The van der Waals surface area contributed by atoms with Gasteiger partial charge in [-0.15, -0.1) is 0 Å². The van der Waals surface area contributed by atoms with Crippen LogP contribution in [0.1, 0.15) is 35.8 Å². The third-order valence-electron chi connectivity index (χ3n) is 5.24. The summed E-state index contributed by atoms with van der Waals surface area (Å²) in [6, 6.07) is 22.0. The quantitative estimate of drug-likeness (QED) is 0.622. The van der Waals surface area contributed by atoms with Crippen LogP contribution < -0.4 is 10.1 Å². The van der Waals surface area contributed by atoms with Crippen molar-refractivity contribution in [1.29, 1.82) is 0 Å². The van der Waals surface area contributed by atoms with E-state index in [-0.39, 0.29) is 11.9 Å². The summed E-state index contributed by atoms with van der Waals surface area (Å²) in [5.41, 5.74) is 1.88. The van der Waals surface area contributed by atoms with Gasteiger partial charge in [0.2, 0.25) is 0 Å². The molecule has 0 aliphatic heterocycles. The fourth-order valence-electron chi connectivity index (χ4n) is 3.73. The van der Waals surface area contributed by atoms with Crippen molar-refractivity contribution in [2.24, 2.45) is 0 Å². The Morgan fingerprint density at radius 2 is 1.57 bits per heavy atom. The Morgan fingerprint density at radius 3 is 2.21 bits per heavy atom. The number of nitrogens with one attached hydrogen (secondary N) is 1. The van der Waals surface area contributed by atoms with E-state index in [1.807, 2.05) is 54.6 Å². The maximum Gasteiger partial charge on any atom is 0.251 e. The van der Waals surface area contributed by atoms with Crippen molar-refractivity contribution in [2.45, 2.75) is 19.9 Å². The van der Waals surface area contributed by atoms with Crippen LogP contribution in [0.2, 0.25) is 0 Å².